The van der Waals surface area contributed by atoms with E-state index in [1.807, 2.05) is 0 Å². The predicted molar refractivity (Wildman–Crippen MR) is 284 cm³/mol. The number of rotatable bonds is 8. The monoisotopic (exact) mass is 843 g/mol. The molecule has 0 fully saturated rings. The molecule has 0 bridgehead atoms. The lowest BCUT2D eigenvalue weighted by Crippen LogP contribution is -2.52. The first-order valence-electron chi connectivity index (χ1n) is 23.4. The van der Waals surface area contributed by atoms with Gasteiger partial charge in [0.25, 0.3) is 0 Å². The summed E-state index contributed by atoms with van der Waals surface area (Å²) < 4.78 is 0. The highest BCUT2D eigenvalue weighted by Gasteiger charge is 2.38. The molecule has 2 aliphatic rings. The molecule has 12 rings (SSSR count). The van der Waals surface area contributed by atoms with E-state index in [2.05, 4.69) is 263 Å². The van der Waals surface area contributed by atoms with E-state index in [4.69, 9.17) is 0 Å². The van der Waals surface area contributed by atoms with Crippen molar-refractivity contribution in [3.63, 3.8) is 0 Å². The molecule has 2 aliphatic carbocycles. The second-order valence-electron chi connectivity index (χ2n) is 19.4. The van der Waals surface area contributed by atoms with Crippen LogP contribution < -0.4 is 21.3 Å². The molecule has 0 N–H and O–H groups in total. The molecule has 0 aliphatic heterocycles. The Kier molecular flexibility index (Phi) is 9.36. The van der Waals surface area contributed by atoms with E-state index in [9.17, 15) is 0 Å². The fraction of sp³-hybridized carbons (Fsp3) is 0.0938. The van der Waals surface area contributed by atoms with Crippen LogP contribution in [0.4, 0.5) is 17.1 Å². The summed E-state index contributed by atoms with van der Waals surface area (Å²) in [5.74, 6) is 0. The van der Waals surface area contributed by atoms with Crippen LogP contribution in [0.2, 0.25) is 0 Å². The number of fused-ring (bicyclic) bond motifs is 8. The van der Waals surface area contributed by atoms with Crippen molar-refractivity contribution in [3.05, 3.63) is 252 Å². The maximum atomic E-state index is 2.49. The molecule has 10 aromatic carbocycles. The zero-order valence-corrected chi connectivity index (χ0v) is 38.0. The first-order valence-corrected chi connectivity index (χ1v) is 23.4. The van der Waals surface area contributed by atoms with E-state index < -0.39 is 0 Å². The highest BCUT2D eigenvalue weighted by Crippen LogP contribution is 2.52. The molecule has 0 radical (unpaired) electrons. The lowest BCUT2D eigenvalue weighted by molar-refractivity contribution is 0.660. The first-order chi connectivity index (χ1) is 32.2. The smallest absolute Gasteiger partial charge is 0.241 e. The minimum atomic E-state index is -0.174. The van der Waals surface area contributed by atoms with Gasteiger partial charge in [-0.1, -0.05) is 238 Å². The summed E-state index contributed by atoms with van der Waals surface area (Å²) in [4.78, 5) is 2.39. The number of para-hydroxylation sites is 1. The quantitative estimate of drug-likeness (QED) is 0.109. The zero-order valence-electron chi connectivity index (χ0n) is 38.0. The molecular formula is C64H50BN. The zero-order chi connectivity index (χ0) is 44.6. The standard InChI is InChI=1S/C64H50BN/c1-63(2)59-37-43(25-33-55(59)57-35-30-51(41-61(57)63)65(49-19-7-5-8-20-49)50-29-27-45-15-11-13-17-47(45)39-50)23-24-44-26-34-56-58-36-32-54(42-62(58)64(3,4)60(56)38-44)66(52-21-9-6-10-22-52)53-31-28-46-16-12-14-18-48(46)40-53/h5-42H,1-4H3/b24-23+. The third-order valence-electron chi connectivity index (χ3n) is 14.7. The Bertz CT molecular complexity index is 3310. The highest BCUT2D eigenvalue weighted by molar-refractivity contribution is 6.95. The summed E-state index contributed by atoms with van der Waals surface area (Å²) in [7, 11) is 0. The van der Waals surface area contributed by atoms with Crippen molar-refractivity contribution in [1.82, 2.24) is 0 Å². The average Bonchev–Trinajstić information content (AvgIpc) is 3.72. The summed E-state index contributed by atoms with van der Waals surface area (Å²) in [6, 6.07) is 81.1. The third kappa shape index (κ3) is 6.62. The highest BCUT2D eigenvalue weighted by atomic mass is 15.1. The summed E-state index contributed by atoms with van der Waals surface area (Å²) in [6.07, 6.45) is 4.59. The van der Waals surface area contributed by atoms with Crippen molar-refractivity contribution in [3.8, 4) is 22.3 Å². The van der Waals surface area contributed by atoms with Gasteiger partial charge in [-0.2, -0.15) is 0 Å². The summed E-state index contributed by atoms with van der Waals surface area (Å²) in [5.41, 5.74) is 20.3. The van der Waals surface area contributed by atoms with Crippen molar-refractivity contribution in [2.24, 2.45) is 0 Å². The second-order valence-corrected chi connectivity index (χ2v) is 19.4. The molecule has 0 heterocycles. The predicted octanol–water partition coefficient (Wildman–Crippen LogP) is 14.8. The van der Waals surface area contributed by atoms with Crippen LogP contribution in [0.5, 0.6) is 0 Å². The number of hydrogen-bond donors (Lipinski definition) is 0. The molecule has 0 amide bonds. The van der Waals surface area contributed by atoms with Gasteiger partial charge >= 0.3 is 0 Å². The van der Waals surface area contributed by atoms with Crippen LogP contribution in [0.3, 0.4) is 0 Å². The van der Waals surface area contributed by atoms with E-state index in [0.717, 1.165) is 17.1 Å². The summed E-state index contributed by atoms with van der Waals surface area (Å²) in [5, 5.41) is 5.03. The van der Waals surface area contributed by atoms with Crippen molar-refractivity contribution in [2.45, 2.75) is 38.5 Å². The molecule has 0 saturated heterocycles. The Morgan fingerprint density at radius 1 is 0.318 bits per heavy atom. The molecule has 0 aromatic heterocycles. The van der Waals surface area contributed by atoms with Gasteiger partial charge in [0.05, 0.1) is 0 Å². The van der Waals surface area contributed by atoms with Gasteiger partial charge < -0.3 is 4.90 Å². The van der Waals surface area contributed by atoms with Gasteiger partial charge in [-0.05, 0) is 114 Å². The molecule has 0 saturated carbocycles. The largest absolute Gasteiger partial charge is 0.310 e. The van der Waals surface area contributed by atoms with E-state index in [-0.39, 0.29) is 17.5 Å². The summed E-state index contributed by atoms with van der Waals surface area (Å²) >= 11 is 0. The van der Waals surface area contributed by atoms with Gasteiger partial charge in [0.15, 0.2) is 0 Å². The van der Waals surface area contributed by atoms with Gasteiger partial charge in [0.2, 0.25) is 6.71 Å². The normalized spacial score (nSPS) is 13.9. The van der Waals surface area contributed by atoms with Crippen LogP contribution in [0.25, 0.3) is 56.0 Å². The molecule has 2 heteroatoms. The van der Waals surface area contributed by atoms with Crippen molar-refractivity contribution >= 4 is 73.9 Å². The van der Waals surface area contributed by atoms with Crippen LogP contribution >= 0.6 is 0 Å². The van der Waals surface area contributed by atoms with Crippen LogP contribution in [-0.2, 0) is 10.8 Å². The first kappa shape index (κ1) is 39.9. The van der Waals surface area contributed by atoms with Gasteiger partial charge in [0, 0.05) is 27.9 Å². The Hall–Kier alpha value is -7.68. The maximum Gasteiger partial charge on any atom is 0.241 e. The summed E-state index contributed by atoms with van der Waals surface area (Å²) in [6.45, 7) is 9.69. The molecule has 0 unspecified atom stereocenters. The number of hydrogen-bond acceptors (Lipinski definition) is 1. The molecule has 314 valence electrons. The van der Waals surface area contributed by atoms with Crippen LogP contribution in [0, 0.1) is 0 Å². The molecular weight excluding hydrogens is 794 g/mol. The lowest BCUT2D eigenvalue weighted by atomic mass is 9.36. The van der Waals surface area contributed by atoms with Crippen LogP contribution in [-0.4, -0.2) is 6.71 Å². The Morgan fingerprint density at radius 2 is 0.742 bits per heavy atom. The van der Waals surface area contributed by atoms with Crippen LogP contribution in [0.15, 0.2) is 218 Å². The Balaban J connectivity index is 0.841. The Morgan fingerprint density at radius 3 is 1.36 bits per heavy atom. The van der Waals surface area contributed by atoms with Crippen molar-refractivity contribution in [1.29, 1.82) is 0 Å². The molecule has 1 nitrogen and oxygen atoms in total. The van der Waals surface area contributed by atoms with E-state index in [1.54, 1.807) is 0 Å². The minimum Gasteiger partial charge on any atom is -0.310 e. The molecule has 0 atom stereocenters. The van der Waals surface area contributed by atoms with Gasteiger partial charge in [0.1, 0.15) is 0 Å². The maximum absolute atomic E-state index is 2.49. The molecule has 10 aromatic rings. The minimum absolute atomic E-state index is 0.130. The number of benzene rings is 10. The van der Waals surface area contributed by atoms with E-state index in [0.29, 0.717) is 0 Å². The van der Waals surface area contributed by atoms with Crippen LogP contribution in [0.1, 0.15) is 61.1 Å². The van der Waals surface area contributed by atoms with Gasteiger partial charge in [-0.25, -0.2) is 0 Å². The van der Waals surface area contributed by atoms with E-state index in [1.165, 1.54) is 93.6 Å². The van der Waals surface area contributed by atoms with E-state index >= 15 is 0 Å². The Labute approximate surface area is 389 Å². The van der Waals surface area contributed by atoms with Gasteiger partial charge in [-0.3, -0.25) is 0 Å². The second kappa shape index (κ2) is 15.5. The van der Waals surface area contributed by atoms with Crippen molar-refractivity contribution < 1.29 is 0 Å². The number of anilines is 3. The number of nitrogens with zero attached hydrogens (tertiary/aromatic N) is 1. The molecule has 0 spiro atoms. The fourth-order valence-electron chi connectivity index (χ4n) is 11.2. The fourth-order valence-corrected chi connectivity index (χ4v) is 11.2. The average molecular weight is 844 g/mol. The van der Waals surface area contributed by atoms with Gasteiger partial charge in [-0.15, -0.1) is 0 Å². The SMILES string of the molecule is CC1(C)c2cc(/C=C/c3ccc4c(c3)C(C)(C)c3cc(N(c5ccccc5)c5ccc6ccccc6c5)ccc3-4)ccc2-c2ccc(B(c3ccccc3)c3ccc4ccccc4c3)cc21. The topological polar surface area (TPSA) is 3.24 Å². The third-order valence-corrected chi connectivity index (χ3v) is 14.7. The molecule has 66 heavy (non-hydrogen) atoms. The lowest BCUT2D eigenvalue weighted by Gasteiger charge is -2.28. The van der Waals surface area contributed by atoms with Crippen molar-refractivity contribution in [2.75, 3.05) is 4.90 Å².